The summed E-state index contributed by atoms with van der Waals surface area (Å²) in [7, 11) is 0. The van der Waals surface area contributed by atoms with Gasteiger partial charge in [0.1, 0.15) is 0 Å². The summed E-state index contributed by atoms with van der Waals surface area (Å²) in [5.41, 5.74) is 2.27. The van der Waals surface area contributed by atoms with E-state index >= 15 is 0 Å². The van der Waals surface area contributed by atoms with Crippen LogP contribution in [0.25, 0.3) is 11.1 Å². The summed E-state index contributed by atoms with van der Waals surface area (Å²) in [4.78, 5) is 12.7. The molecule has 0 fully saturated rings. The van der Waals surface area contributed by atoms with Gasteiger partial charge in [0, 0.05) is 0 Å². The van der Waals surface area contributed by atoms with Crippen molar-refractivity contribution in [2.75, 3.05) is 0 Å². The number of carbonyl (C=O) groups is 1. The molecule has 0 aliphatic rings. The van der Waals surface area contributed by atoms with E-state index in [0.29, 0.717) is 0 Å². The van der Waals surface area contributed by atoms with Gasteiger partial charge in [0.25, 0.3) is 0 Å². The summed E-state index contributed by atoms with van der Waals surface area (Å²) in [6.45, 7) is 10.8. The first-order valence-electron chi connectivity index (χ1n) is 12.6. The average molecular weight is 544 g/mol. The van der Waals surface area contributed by atoms with Crippen molar-refractivity contribution in [3.63, 3.8) is 0 Å². The first-order chi connectivity index (χ1) is 15.5. The van der Waals surface area contributed by atoms with Gasteiger partial charge in [-0.1, -0.05) is 0 Å². The standard InChI is InChI=1S/C16H16NO2.3C4H9.Sn/c1-12(2)17-16(18)19-15-10-6-9-14(11-15)13-7-4-3-5-8-13;3*1-3-4-2;/h3-9,11-12H,1-2H3,(H,17,18);3*1,3-4H2,2H3;. The van der Waals surface area contributed by atoms with Crippen LogP contribution < -0.4 is 13.6 Å². The average Bonchev–Trinajstić information content (AvgIpc) is 2.79. The van der Waals surface area contributed by atoms with Crippen LogP contribution in [0.2, 0.25) is 13.3 Å². The quantitative estimate of drug-likeness (QED) is 0.261. The molecular weight excluding hydrogens is 501 g/mol. The molecule has 0 heterocycles. The third-order valence-corrected chi connectivity index (χ3v) is 22.0. The van der Waals surface area contributed by atoms with Crippen molar-refractivity contribution >= 4 is 28.0 Å². The van der Waals surface area contributed by atoms with E-state index < -0.39 is 18.4 Å². The van der Waals surface area contributed by atoms with Gasteiger partial charge in [-0.25, -0.2) is 0 Å². The zero-order chi connectivity index (χ0) is 23.4. The SMILES string of the molecule is CCC[CH2][Sn]([CH2]CCC)([CH2]CCC)[c]1ccc(-c2ccccc2)cc1OC(=O)NC(C)C. The number of ether oxygens (including phenoxy) is 1. The Hall–Kier alpha value is -1.49. The van der Waals surface area contributed by atoms with Crippen LogP contribution in [0.15, 0.2) is 48.5 Å². The van der Waals surface area contributed by atoms with E-state index in [1.165, 1.54) is 55.4 Å². The monoisotopic (exact) mass is 545 g/mol. The van der Waals surface area contributed by atoms with Gasteiger partial charge in [-0.2, -0.15) is 0 Å². The zero-order valence-electron chi connectivity index (χ0n) is 20.9. The summed E-state index contributed by atoms with van der Waals surface area (Å²) >= 11 is -2.77. The van der Waals surface area contributed by atoms with Crippen LogP contribution in [0.4, 0.5) is 4.79 Å². The van der Waals surface area contributed by atoms with Gasteiger partial charge in [0.2, 0.25) is 0 Å². The first-order valence-corrected chi connectivity index (χ1v) is 20.1. The molecule has 0 saturated heterocycles. The van der Waals surface area contributed by atoms with E-state index in [9.17, 15) is 4.79 Å². The number of nitrogens with one attached hydrogen (secondary N) is 1. The Balaban J connectivity index is 2.58. The second-order valence-corrected chi connectivity index (χ2v) is 22.5. The van der Waals surface area contributed by atoms with Gasteiger partial charge in [-0.3, -0.25) is 0 Å². The minimum absolute atomic E-state index is 0.0526. The first kappa shape index (κ1) is 26.8. The Kier molecular flexibility index (Phi) is 11.6. The van der Waals surface area contributed by atoms with E-state index in [-0.39, 0.29) is 12.1 Å². The number of amides is 1. The van der Waals surface area contributed by atoms with Crippen LogP contribution in [0.5, 0.6) is 5.75 Å². The molecule has 3 nitrogen and oxygen atoms in total. The molecule has 0 bridgehead atoms. The number of unbranched alkanes of at least 4 members (excludes halogenated alkanes) is 3. The van der Waals surface area contributed by atoms with Gasteiger partial charge in [-0.15, -0.1) is 0 Å². The maximum atomic E-state index is 12.7. The van der Waals surface area contributed by atoms with Crippen molar-refractivity contribution in [3.8, 4) is 16.9 Å². The third kappa shape index (κ3) is 7.82. The predicted octanol–water partition coefficient (Wildman–Crippen LogP) is 7.91. The van der Waals surface area contributed by atoms with E-state index in [1.807, 2.05) is 19.9 Å². The van der Waals surface area contributed by atoms with Crippen molar-refractivity contribution in [3.05, 3.63) is 48.5 Å². The van der Waals surface area contributed by atoms with E-state index in [0.717, 1.165) is 16.9 Å². The molecule has 0 radical (unpaired) electrons. The molecule has 0 aliphatic carbocycles. The molecule has 2 rings (SSSR count). The molecule has 32 heavy (non-hydrogen) atoms. The summed E-state index contributed by atoms with van der Waals surface area (Å²) in [6.07, 6.45) is 7.17. The number of benzene rings is 2. The van der Waals surface area contributed by atoms with Crippen molar-refractivity contribution in [1.82, 2.24) is 5.32 Å². The summed E-state index contributed by atoms with van der Waals surface area (Å²) in [6, 6.07) is 17.2. The fraction of sp³-hybridized carbons (Fsp3) is 0.536. The van der Waals surface area contributed by atoms with E-state index in [4.69, 9.17) is 4.74 Å². The van der Waals surface area contributed by atoms with Crippen LogP contribution in [0.3, 0.4) is 0 Å². The molecule has 0 unspecified atom stereocenters. The Morgan fingerprint density at radius 1 is 0.844 bits per heavy atom. The van der Waals surface area contributed by atoms with Crippen LogP contribution >= 0.6 is 0 Å². The van der Waals surface area contributed by atoms with Crippen LogP contribution in [-0.4, -0.2) is 30.5 Å². The minimum atomic E-state index is -2.77. The molecule has 0 saturated carbocycles. The number of rotatable bonds is 13. The molecule has 1 N–H and O–H groups in total. The van der Waals surface area contributed by atoms with Crippen LogP contribution in [0, 0.1) is 0 Å². The molecule has 0 aliphatic heterocycles. The van der Waals surface area contributed by atoms with Crippen LogP contribution in [0.1, 0.15) is 73.1 Å². The Morgan fingerprint density at radius 3 is 1.91 bits per heavy atom. The van der Waals surface area contributed by atoms with Crippen molar-refractivity contribution in [2.24, 2.45) is 0 Å². The van der Waals surface area contributed by atoms with Gasteiger partial charge in [-0.05, 0) is 0 Å². The predicted molar refractivity (Wildman–Crippen MR) is 141 cm³/mol. The molecule has 2 aromatic rings. The summed E-state index contributed by atoms with van der Waals surface area (Å²) < 4.78 is 11.5. The van der Waals surface area contributed by atoms with E-state index in [2.05, 4.69) is 68.6 Å². The van der Waals surface area contributed by atoms with Crippen molar-refractivity contribution in [1.29, 1.82) is 0 Å². The Morgan fingerprint density at radius 2 is 1.41 bits per heavy atom. The number of carbonyl (C=O) groups excluding carboxylic acids is 1. The Labute approximate surface area is 200 Å². The summed E-state index contributed by atoms with van der Waals surface area (Å²) in [5, 5.41) is 2.92. The maximum absolute atomic E-state index is 12.7. The fourth-order valence-corrected chi connectivity index (χ4v) is 20.9. The van der Waals surface area contributed by atoms with Gasteiger partial charge in [0.15, 0.2) is 0 Å². The molecule has 2 aromatic carbocycles. The third-order valence-electron chi connectivity index (χ3n) is 6.30. The van der Waals surface area contributed by atoms with Crippen molar-refractivity contribution < 1.29 is 9.53 Å². The van der Waals surface area contributed by atoms with Crippen molar-refractivity contribution in [2.45, 2.75) is 92.5 Å². The molecule has 0 atom stereocenters. The second kappa shape index (κ2) is 13.9. The molecule has 4 heteroatoms. The zero-order valence-corrected chi connectivity index (χ0v) is 23.7. The van der Waals surface area contributed by atoms with E-state index in [1.54, 1.807) is 0 Å². The number of hydrogen-bond donors (Lipinski definition) is 1. The Bertz CT molecular complexity index is 798. The second-order valence-electron chi connectivity index (χ2n) is 9.36. The van der Waals surface area contributed by atoms with Gasteiger partial charge >= 0.3 is 201 Å². The topological polar surface area (TPSA) is 38.3 Å². The van der Waals surface area contributed by atoms with Crippen LogP contribution in [-0.2, 0) is 0 Å². The van der Waals surface area contributed by atoms with Gasteiger partial charge in [0.05, 0.1) is 0 Å². The normalized spacial score (nSPS) is 11.6. The molecule has 0 spiro atoms. The van der Waals surface area contributed by atoms with Gasteiger partial charge < -0.3 is 0 Å². The fourth-order valence-electron chi connectivity index (χ4n) is 4.54. The molecular formula is C28H43NO2Sn. The summed E-state index contributed by atoms with van der Waals surface area (Å²) in [5.74, 6) is 0.809. The molecule has 1 amide bonds. The molecule has 176 valence electrons. The number of hydrogen-bond acceptors (Lipinski definition) is 2. The molecule has 0 aromatic heterocycles.